The lowest BCUT2D eigenvalue weighted by Crippen LogP contribution is -2.25. The molecule has 0 amide bonds. The molecule has 0 saturated heterocycles. The van der Waals surface area contributed by atoms with Gasteiger partial charge in [-0.05, 0) is 24.3 Å². The second-order valence-corrected chi connectivity index (χ2v) is 4.22. The van der Waals surface area contributed by atoms with Gasteiger partial charge in [0.15, 0.2) is 5.78 Å². The normalized spacial score (nSPS) is 14.2. The molecule has 2 atom stereocenters. The summed E-state index contributed by atoms with van der Waals surface area (Å²) in [5, 5.41) is 9.37. The summed E-state index contributed by atoms with van der Waals surface area (Å²) in [4.78, 5) is 22.7. The first-order valence-electron chi connectivity index (χ1n) is 4.96. The van der Waals surface area contributed by atoms with E-state index in [1.54, 1.807) is 31.2 Å². The van der Waals surface area contributed by atoms with Gasteiger partial charge in [0, 0.05) is 16.5 Å². The van der Waals surface area contributed by atoms with E-state index in [0.29, 0.717) is 10.6 Å². The summed E-state index contributed by atoms with van der Waals surface area (Å²) in [6, 6.07) is 6.45. The highest BCUT2D eigenvalue weighted by atomic mass is 35.5. The van der Waals surface area contributed by atoms with Gasteiger partial charge in [-0.3, -0.25) is 9.59 Å². The van der Waals surface area contributed by atoms with Crippen molar-refractivity contribution < 1.29 is 14.7 Å². The largest absolute Gasteiger partial charge is 0.481 e. The summed E-state index contributed by atoms with van der Waals surface area (Å²) in [5.41, 5.74) is 0.491. The number of benzene rings is 1. The quantitative estimate of drug-likeness (QED) is 0.824. The smallest absolute Gasteiger partial charge is 0.306 e. The molecule has 0 aliphatic heterocycles. The van der Waals surface area contributed by atoms with Crippen molar-refractivity contribution in [1.82, 2.24) is 0 Å². The predicted molar refractivity (Wildman–Crippen MR) is 61.7 cm³/mol. The zero-order chi connectivity index (χ0) is 12.3. The van der Waals surface area contributed by atoms with Crippen molar-refractivity contribution in [2.24, 2.45) is 11.8 Å². The maximum Gasteiger partial charge on any atom is 0.306 e. The summed E-state index contributed by atoms with van der Waals surface area (Å²) >= 11 is 5.70. The summed E-state index contributed by atoms with van der Waals surface area (Å²) in [5.74, 6) is -2.37. The monoisotopic (exact) mass is 240 g/mol. The van der Waals surface area contributed by atoms with E-state index < -0.39 is 17.8 Å². The second-order valence-electron chi connectivity index (χ2n) is 3.79. The number of carboxylic acid groups (broad SMARTS) is 1. The fraction of sp³-hybridized carbons (Fsp3) is 0.333. The predicted octanol–water partition coefficient (Wildman–Crippen LogP) is 2.88. The first-order valence-corrected chi connectivity index (χ1v) is 5.34. The Kier molecular flexibility index (Phi) is 4.07. The lowest BCUT2D eigenvalue weighted by molar-refractivity contribution is -0.142. The number of halogens is 1. The third-order valence-electron chi connectivity index (χ3n) is 2.68. The minimum Gasteiger partial charge on any atom is -0.481 e. The van der Waals surface area contributed by atoms with Crippen LogP contribution in [-0.4, -0.2) is 16.9 Å². The minimum absolute atomic E-state index is 0.174. The number of hydrogen-bond acceptors (Lipinski definition) is 2. The lowest BCUT2D eigenvalue weighted by Gasteiger charge is -2.14. The Morgan fingerprint density at radius 2 is 1.62 bits per heavy atom. The van der Waals surface area contributed by atoms with Gasteiger partial charge in [0.05, 0.1) is 5.92 Å². The number of carbonyl (C=O) groups is 2. The molecule has 0 radical (unpaired) electrons. The number of carboxylic acids is 1. The Balaban J connectivity index is 2.86. The topological polar surface area (TPSA) is 54.4 Å². The van der Waals surface area contributed by atoms with E-state index in [-0.39, 0.29) is 5.78 Å². The fourth-order valence-corrected chi connectivity index (χ4v) is 1.44. The van der Waals surface area contributed by atoms with Crippen molar-refractivity contribution in [3.05, 3.63) is 34.9 Å². The van der Waals surface area contributed by atoms with Crippen molar-refractivity contribution in [1.29, 1.82) is 0 Å². The molecule has 16 heavy (non-hydrogen) atoms. The highest BCUT2D eigenvalue weighted by Gasteiger charge is 2.26. The van der Waals surface area contributed by atoms with E-state index in [0.717, 1.165) is 0 Å². The van der Waals surface area contributed by atoms with Crippen LogP contribution in [0.15, 0.2) is 24.3 Å². The molecule has 4 heteroatoms. The Morgan fingerprint density at radius 3 is 2.06 bits per heavy atom. The van der Waals surface area contributed by atoms with Crippen LogP contribution < -0.4 is 0 Å². The number of Topliss-reactive ketones (excluding diaryl/α,β-unsaturated/α-hetero) is 1. The average Bonchev–Trinajstić information content (AvgIpc) is 2.27. The highest BCUT2D eigenvalue weighted by Crippen LogP contribution is 2.19. The van der Waals surface area contributed by atoms with Crippen molar-refractivity contribution >= 4 is 23.4 Å². The molecule has 3 nitrogen and oxygen atoms in total. The van der Waals surface area contributed by atoms with Crippen LogP contribution in [0.4, 0.5) is 0 Å². The van der Waals surface area contributed by atoms with Crippen LogP contribution in [0.2, 0.25) is 5.02 Å². The van der Waals surface area contributed by atoms with Gasteiger partial charge < -0.3 is 5.11 Å². The molecule has 0 heterocycles. The van der Waals surface area contributed by atoms with E-state index in [1.807, 2.05) is 0 Å². The molecule has 86 valence electrons. The van der Waals surface area contributed by atoms with Crippen LogP contribution in [0.25, 0.3) is 0 Å². The lowest BCUT2D eigenvalue weighted by atomic mass is 9.88. The van der Waals surface area contributed by atoms with Gasteiger partial charge in [0.2, 0.25) is 0 Å². The first-order chi connectivity index (χ1) is 7.43. The molecule has 1 aromatic carbocycles. The first kappa shape index (κ1) is 12.7. The second kappa shape index (κ2) is 5.12. The van der Waals surface area contributed by atoms with Gasteiger partial charge in [-0.25, -0.2) is 0 Å². The van der Waals surface area contributed by atoms with Crippen LogP contribution in [0.1, 0.15) is 24.2 Å². The molecule has 1 rings (SSSR count). The summed E-state index contributed by atoms with van der Waals surface area (Å²) in [7, 11) is 0. The van der Waals surface area contributed by atoms with Crippen molar-refractivity contribution in [2.75, 3.05) is 0 Å². The molecule has 0 fully saturated rings. The zero-order valence-corrected chi connectivity index (χ0v) is 9.86. The van der Waals surface area contributed by atoms with Crippen LogP contribution in [0, 0.1) is 11.8 Å². The molecule has 0 aromatic heterocycles. The SMILES string of the molecule is CC(C(=O)O)C(C)C(=O)c1ccc(Cl)cc1. The molecule has 2 unspecified atom stereocenters. The van der Waals surface area contributed by atoms with Crippen molar-refractivity contribution in [3.63, 3.8) is 0 Å². The molecule has 0 bridgehead atoms. The van der Waals surface area contributed by atoms with Gasteiger partial charge in [0.1, 0.15) is 0 Å². The number of aliphatic carboxylic acids is 1. The van der Waals surface area contributed by atoms with Crippen LogP contribution in [0.5, 0.6) is 0 Å². The van der Waals surface area contributed by atoms with Gasteiger partial charge in [-0.1, -0.05) is 25.4 Å². The van der Waals surface area contributed by atoms with Gasteiger partial charge in [-0.15, -0.1) is 0 Å². The summed E-state index contributed by atoms with van der Waals surface area (Å²) in [6.45, 7) is 3.15. The van der Waals surface area contributed by atoms with E-state index >= 15 is 0 Å². The molecule has 0 aliphatic rings. The maximum atomic E-state index is 11.9. The van der Waals surface area contributed by atoms with Crippen LogP contribution in [-0.2, 0) is 4.79 Å². The number of rotatable bonds is 4. The summed E-state index contributed by atoms with van der Waals surface area (Å²) < 4.78 is 0. The van der Waals surface area contributed by atoms with Gasteiger partial charge in [-0.2, -0.15) is 0 Å². The van der Waals surface area contributed by atoms with Gasteiger partial charge >= 0.3 is 5.97 Å². The molecule has 0 saturated carbocycles. The molecule has 0 spiro atoms. The number of carbonyl (C=O) groups excluding carboxylic acids is 1. The van der Waals surface area contributed by atoms with Crippen molar-refractivity contribution in [2.45, 2.75) is 13.8 Å². The Morgan fingerprint density at radius 1 is 1.12 bits per heavy atom. The standard InChI is InChI=1S/C12H13ClO3/c1-7(8(2)12(15)16)11(14)9-3-5-10(13)6-4-9/h3-8H,1-2H3,(H,15,16). The number of hydrogen-bond donors (Lipinski definition) is 1. The summed E-state index contributed by atoms with van der Waals surface area (Å²) in [6.07, 6.45) is 0. The third-order valence-corrected chi connectivity index (χ3v) is 2.93. The van der Waals surface area contributed by atoms with E-state index in [1.165, 1.54) is 6.92 Å². The number of ketones is 1. The third kappa shape index (κ3) is 2.83. The molecule has 1 N–H and O–H groups in total. The van der Waals surface area contributed by atoms with E-state index in [4.69, 9.17) is 16.7 Å². The Labute approximate surface area is 99.0 Å². The van der Waals surface area contributed by atoms with Crippen LogP contribution >= 0.6 is 11.6 Å². The minimum atomic E-state index is -0.963. The molecule has 0 aliphatic carbocycles. The zero-order valence-electron chi connectivity index (χ0n) is 9.11. The van der Waals surface area contributed by atoms with E-state index in [9.17, 15) is 9.59 Å². The maximum absolute atomic E-state index is 11.9. The van der Waals surface area contributed by atoms with Crippen molar-refractivity contribution in [3.8, 4) is 0 Å². The Bertz CT molecular complexity index is 397. The Hall–Kier alpha value is -1.35. The van der Waals surface area contributed by atoms with E-state index in [2.05, 4.69) is 0 Å². The van der Waals surface area contributed by atoms with Crippen LogP contribution in [0.3, 0.4) is 0 Å². The van der Waals surface area contributed by atoms with Gasteiger partial charge in [0.25, 0.3) is 0 Å². The highest BCUT2D eigenvalue weighted by molar-refractivity contribution is 6.30. The molecular weight excluding hydrogens is 228 g/mol. The molecular formula is C12H13ClO3. The fourth-order valence-electron chi connectivity index (χ4n) is 1.32. The molecule has 1 aromatic rings. The average molecular weight is 241 g/mol.